The maximum absolute atomic E-state index is 5.26. The molecule has 0 bridgehead atoms. The van der Waals surface area contributed by atoms with Crippen molar-refractivity contribution in [3.05, 3.63) is 0 Å². The molecule has 0 aliphatic carbocycles. The fourth-order valence-corrected chi connectivity index (χ4v) is 1.91. The standard InChI is InChI=1S/C12H22N2/c1-4-6-7-13-8-10-14(11-9-13)12(3)5-2/h1,12H,5-11H2,2-3H3. The van der Waals surface area contributed by atoms with Crippen LogP contribution in [0.3, 0.4) is 0 Å². The Morgan fingerprint density at radius 1 is 1.29 bits per heavy atom. The van der Waals surface area contributed by atoms with Crippen molar-refractivity contribution in [3.63, 3.8) is 0 Å². The van der Waals surface area contributed by atoms with Gasteiger partial charge in [-0.1, -0.05) is 6.92 Å². The predicted molar refractivity (Wildman–Crippen MR) is 61.2 cm³/mol. The highest BCUT2D eigenvalue weighted by atomic mass is 15.3. The molecule has 0 saturated carbocycles. The van der Waals surface area contributed by atoms with Crippen LogP contribution in [-0.4, -0.2) is 48.6 Å². The van der Waals surface area contributed by atoms with Gasteiger partial charge in [0.25, 0.3) is 0 Å². The summed E-state index contributed by atoms with van der Waals surface area (Å²) in [5, 5.41) is 0. The molecule has 2 nitrogen and oxygen atoms in total. The number of piperazine rings is 1. The van der Waals surface area contributed by atoms with Crippen molar-refractivity contribution in [3.8, 4) is 12.3 Å². The predicted octanol–water partition coefficient (Wildman–Crippen LogP) is 1.43. The lowest BCUT2D eigenvalue weighted by Gasteiger charge is -2.37. The summed E-state index contributed by atoms with van der Waals surface area (Å²) in [5.41, 5.74) is 0. The third-order valence-corrected chi connectivity index (χ3v) is 3.19. The molecule has 0 spiro atoms. The summed E-state index contributed by atoms with van der Waals surface area (Å²) < 4.78 is 0. The molecule has 1 aliphatic rings. The van der Waals surface area contributed by atoms with Crippen LogP contribution in [0.5, 0.6) is 0 Å². The normalized spacial score (nSPS) is 21.8. The van der Waals surface area contributed by atoms with Gasteiger partial charge < -0.3 is 0 Å². The number of hydrogen-bond acceptors (Lipinski definition) is 2. The van der Waals surface area contributed by atoms with Crippen LogP contribution >= 0.6 is 0 Å². The average molecular weight is 194 g/mol. The molecule has 80 valence electrons. The van der Waals surface area contributed by atoms with Crippen molar-refractivity contribution in [2.75, 3.05) is 32.7 Å². The molecule has 1 fully saturated rings. The first-order valence-electron chi connectivity index (χ1n) is 5.67. The van der Waals surface area contributed by atoms with Crippen molar-refractivity contribution < 1.29 is 0 Å². The molecule has 1 rings (SSSR count). The second kappa shape index (κ2) is 6.06. The van der Waals surface area contributed by atoms with E-state index in [0.717, 1.165) is 19.0 Å². The molecule has 14 heavy (non-hydrogen) atoms. The van der Waals surface area contributed by atoms with Crippen LogP contribution in [0.1, 0.15) is 26.7 Å². The van der Waals surface area contributed by atoms with Crippen molar-refractivity contribution in [1.82, 2.24) is 9.80 Å². The van der Waals surface area contributed by atoms with Gasteiger partial charge in [-0.25, -0.2) is 0 Å². The Bertz CT molecular complexity index is 187. The van der Waals surface area contributed by atoms with Crippen LogP contribution in [0.15, 0.2) is 0 Å². The SMILES string of the molecule is C#CCCN1CCN(C(C)CC)CC1. The molecule has 0 aromatic carbocycles. The van der Waals surface area contributed by atoms with Crippen molar-refractivity contribution in [2.45, 2.75) is 32.7 Å². The molecule has 1 aliphatic heterocycles. The topological polar surface area (TPSA) is 6.48 Å². The van der Waals surface area contributed by atoms with E-state index in [4.69, 9.17) is 6.42 Å². The van der Waals surface area contributed by atoms with Crippen LogP contribution in [0.2, 0.25) is 0 Å². The van der Waals surface area contributed by atoms with Gasteiger partial charge in [0.1, 0.15) is 0 Å². The van der Waals surface area contributed by atoms with Crippen LogP contribution < -0.4 is 0 Å². The van der Waals surface area contributed by atoms with E-state index in [2.05, 4.69) is 29.6 Å². The Hall–Kier alpha value is -0.520. The van der Waals surface area contributed by atoms with Gasteiger partial charge >= 0.3 is 0 Å². The number of terminal acetylenes is 1. The third kappa shape index (κ3) is 3.32. The molecule has 2 heteroatoms. The molecule has 1 heterocycles. The average Bonchev–Trinajstić information content (AvgIpc) is 2.26. The first-order valence-corrected chi connectivity index (χ1v) is 5.67. The van der Waals surface area contributed by atoms with Crippen LogP contribution in [0, 0.1) is 12.3 Å². The van der Waals surface area contributed by atoms with E-state index in [1.807, 2.05) is 0 Å². The minimum absolute atomic E-state index is 0.741. The van der Waals surface area contributed by atoms with Crippen molar-refractivity contribution in [2.24, 2.45) is 0 Å². The van der Waals surface area contributed by atoms with Gasteiger partial charge in [-0.2, -0.15) is 0 Å². The Balaban J connectivity index is 2.21. The summed E-state index contributed by atoms with van der Waals surface area (Å²) in [6.45, 7) is 10.4. The Morgan fingerprint density at radius 3 is 2.43 bits per heavy atom. The quantitative estimate of drug-likeness (QED) is 0.625. The zero-order valence-electron chi connectivity index (χ0n) is 9.50. The van der Waals surface area contributed by atoms with Gasteiger partial charge in [0.05, 0.1) is 0 Å². The van der Waals surface area contributed by atoms with E-state index < -0.39 is 0 Å². The lowest BCUT2D eigenvalue weighted by atomic mass is 10.2. The summed E-state index contributed by atoms with van der Waals surface area (Å²) in [4.78, 5) is 5.05. The molecular weight excluding hydrogens is 172 g/mol. The van der Waals surface area contributed by atoms with Crippen LogP contribution in [0.25, 0.3) is 0 Å². The number of hydrogen-bond donors (Lipinski definition) is 0. The van der Waals surface area contributed by atoms with E-state index in [-0.39, 0.29) is 0 Å². The minimum Gasteiger partial charge on any atom is -0.300 e. The molecular formula is C12H22N2. The molecule has 0 aromatic rings. The first kappa shape index (κ1) is 11.6. The fraction of sp³-hybridized carbons (Fsp3) is 0.833. The van der Waals surface area contributed by atoms with Gasteiger partial charge in [0.2, 0.25) is 0 Å². The zero-order valence-corrected chi connectivity index (χ0v) is 9.50. The highest BCUT2D eigenvalue weighted by Crippen LogP contribution is 2.08. The second-order valence-corrected chi connectivity index (χ2v) is 4.09. The zero-order chi connectivity index (χ0) is 10.4. The third-order valence-electron chi connectivity index (χ3n) is 3.19. The van der Waals surface area contributed by atoms with E-state index in [1.54, 1.807) is 0 Å². The molecule has 0 N–H and O–H groups in total. The van der Waals surface area contributed by atoms with Gasteiger partial charge in [-0.05, 0) is 13.3 Å². The molecule has 0 radical (unpaired) electrons. The van der Waals surface area contributed by atoms with Crippen LogP contribution in [0.4, 0.5) is 0 Å². The summed E-state index contributed by atoms with van der Waals surface area (Å²) >= 11 is 0. The Labute approximate surface area is 88.3 Å². The van der Waals surface area contributed by atoms with E-state index in [9.17, 15) is 0 Å². The molecule has 1 unspecified atom stereocenters. The van der Waals surface area contributed by atoms with Gasteiger partial charge in [-0.3, -0.25) is 9.80 Å². The van der Waals surface area contributed by atoms with Crippen molar-refractivity contribution in [1.29, 1.82) is 0 Å². The first-order chi connectivity index (χ1) is 6.77. The molecule has 0 aromatic heterocycles. The summed E-state index contributed by atoms with van der Waals surface area (Å²) in [5.74, 6) is 2.70. The fourth-order valence-electron chi connectivity index (χ4n) is 1.91. The smallest absolute Gasteiger partial charge is 0.0214 e. The van der Waals surface area contributed by atoms with E-state index in [0.29, 0.717) is 0 Å². The molecule has 1 saturated heterocycles. The summed E-state index contributed by atoms with van der Waals surface area (Å²) in [6, 6.07) is 0.741. The van der Waals surface area contributed by atoms with E-state index >= 15 is 0 Å². The maximum Gasteiger partial charge on any atom is 0.0214 e. The lowest BCUT2D eigenvalue weighted by Crippen LogP contribution is -2.49. The van der Waals surface area contributed by atoms with Gasteiger partial charge in [0, 0.05) is 45.2 Å². The summed E-state index contributed by atoms with van der Waals surface area (Å²) in [6.07, 6.45) is 7.40. The van der Waals surface area contributed by atoms with Gasteiger partial charge in [-0.15, -0.1) is 12.3 Å². The number of rotatable bonds is 4. The number of nitrogens with zero attached hydrogens (tertiary/aromatic N) is 2. The lowest BCUT2D eigenvalue weighted by molar-refractivity contribution is 0.102. The van der Waals surface area contributed by atoms with E-state index in [1.165, 1.54) is 32.6 Å². The van der Waals surface area contributed by atoms with Crippen molar-refractivity contribution >= 4 is 0 Å². The molecule has 1 atom stereocenters. The Kier molecular flexibility index (Phi) is 5.00. The highest BCUT2D eigenvalue weighted by Gasteiger charge is 2.19. The minimum atomic E-state index is 0.741. The second-order valence-electron chi connectivity index (χ2n) is 4.09. The summed E-state index contributed by atoms with van der Waals surface area (Å²) in [7, 11) is 0. The largest absolute Gasteiger partial charge is 0.300 e. The Morgan fingerprint density at radius 2 is 1.93 bits per heavy atom. The van der Waals surface area contributed by atoms with Gasteiger partial charge in [0.15, 0.2) is 0 Å². The van der Waals surface area contributed by atoms with Crippen LogP contribution in [-0.2, 0) is 0 Å². The molecule has 0 amide bonds. The highest BCUT2D eigenvalue weighted by molar-refractivity contribution is 4.86. The monoisotopic (exact) mass is 194 g/mol. The maximum atomic E-state index is 5.26.